The summed E-state index contributed by atoms with van der Waals surface area (Å²) >= 11 is 0. The molecular weight excluding hydrogens is 533 g/mol. The summed E-state index contributed by atoms with van der Waals surface area (Å²) < 4.78 is 47.5. The fourth-order valence-corrected chi connectivity index (χ4v) is 5.62. The zero-order chi connectivity index (χ0) is 29.3. The van der Waals surface area contributed by atoms with Gasteiger partial charge in [0.25, 0.3) is 10.0 Å². The van der Waals surface area contributed by atoms with E-state index in [4.69, 9.17) is 4.74 Å². The van der Waals surface area contributed by atoms with E-state index >= 15 is 0 Å². The number of nitrogens with one attached hydrogen (secondary N) is 1. The van der Waals surface area contributed by atoms with Crippen LogP contribution in [0, 0.1) is 5.82 Å². The van der Waals surface area contributed by atoms with E-state index in [1.54, 1.807) is 49.4 Å². The molecule has 0 saturated heterocycles. The van der Waals surface area contributed by atoms with Gasteiger partial charge in [0.05, 0.1) is 17.7 Å². The Bertz CT molecular complexity index is 1380. The fourth-order valence-electron chi connectivity index (χ4n) is 4.18. The first-order valence-corrected chi connectivity index (χ1v) is 14.6. The van der Waals surface area contributed by atoms with E-state index in [2.05, 4.69) is 5.32 Å². The topological polar surface area (TPSA) is 96.0 Å². The highest BCUT2D eigenvalue weighted by Crippen LogP contribution is 2.25. The van der Waals surface area contributed by atoms with Gasteiger partial charge in [-0.3, -0.25) is 13.9 Å². The summed E-state index contributed by atoms with van der Waals surface area (Å²) in [4.78, 5) is 28.7. The summed E-state index contributed by atoms with van der Waals surface area (Å²) in [5, 5.41) is 2.94. The molecule has 3 aromatic rings. The molecule has 1 N–H and O–H groups in total. The van der Waals surface area contributed by atoms with E-state index < -0.39 is 34.3 Å². The third-order valence-corrected chi connectivity index (χ3v) is 8.39. The van der Waals surface area contributed by atoms with Gasteiger partial charge in [-0.1, -0.05) is 44.2 Å². The average Bonchev–Trinajstić information content (AvgIpc) is 2.96. The van der Waals surface area contributed by atoms with Crippen LogP contribution in [-0.4, -0.2) is 50.9 Å². The molecule has 0 aliphatic rings. The Morgan fingerprint density at radius 1 is 0.950 bits per heavy atom. The number of nitrogens with zero attached hydrogens (tertiary/aromatic N) is 2. The number of carbonyl (C=O) groups excluding carboxylic acids is 2. The highest BCUT2D eigenvalue weighted by Gasteiger charge is 2.34. The Hall–Kier alpha value is -3.92. The smallest absolute Gasteiger partial charge is 0.264 e. The summed E-state index contributed by atoms with van der Waals surface area (Å²) in [7, 11) is -2.68. The van der Waals surface area contributed by atoms with Crippen molar-refractivity contribution in [2.24, 2.45) is 0 Å². The zero-order valence-electron chi connectivity index (χ0n) is 23.2. The average molecular weight is 570 g/mol. The van der Waals surface area contributed by atoms with Crippen LogP contribution < -0.4 is 14.4 Å². The summed E-state index contributed by atoms with van der Waals surface area (Å²) in [6.45, 7) is 5.07. The van der Waals surface area contributed by atoms with E-state index in [-0.39, 0.29) is 29.1 Å². The number of hydrogen-bond acceptors (Lipinski definition) is 5. The van der Waals surface area contributed by atoms with Crippen molar-refractivity contribution < 1.29 is 27.1 Å². The summed E-state index contributed by atoms with van der Waals surface area (Å²) in [5.74, 6) is -0.869. The summed E-state index contributed by atoms with van der Waals surface area (Å²) in [5.41, 5.74) is 0.832. The predicted octanol–water partition coefficient (Wildman–Crippen LogP) is 4.75. The van der Waals surface area contributed by atoms with Crippen LogP contribution in [0.4, 0.5) is 10.1 Å². The first-order chi connectivity index (χ1) is 19.1. The lowest BCUT2D eigenvalue weighted by molar-refractivity contribution is -0.140. The molecule has 2 atom stereocenters. The second-order valence-corrected chi connectivity index (χ2v) is 11.3. The van der Waals surface area contributed by atoms with Gasteiger partial charge in [-0.05, 0) is 73.9 Å². The second kappa shape index (κ2) is 13.9. The number of ether oxygens (including phenoxy) is 1. The molecule has 0 saturated carbocycles. The number of sulfonamides is 1. The zero-order valence-corrected chi connectivity index (χ0v) is 24.0. The molecule has 0 fully saturated rings. The number of amides is 2. The molecule has 8 nitrogen and oxygen atoms in total. The summed E-state index contributed by atoms with van der Waals surface area (Å²) in [6.07, 6.45) is 1.01. The SMILES string of the molecule is CC[C@@H](C)NC(=O)[C@H](CC)N(Cc1cccc(OC)c1)C(=O)CN(c1ccc(F)cc1)S(=O)(=O)c1ccccc1. The third kappa shape index (κ3) is 7.59. The van der Waals surface area contributed by atoms with Gasteiger partial charge in [0, 0.05) is 12.6 Å². The molecule has 0 aliphatic carbocycles. The second-order valence-electron chi connectivity index (χ2n) is 9.42. The molecule has 0 heterocycles. The fraction of sp³-hybridized carbons (Fsp3) is 0.333. The Morgan fingerprint density at radius 3 is 2.23 bits per heavy atom. The van der Waals surface area contributed by atoms with Gasteiger partial charge in [0.15, 0.2) is 0 Å². The number of rotatable bonds is 13. The molecule has 0 unspecified atom stereocenters. The molecular formula is C30H36FN3O5S. The first kappa shape index (κ1) is 30.6. The minimum absolute atomic E-state index is 0.0203. The molecule has 0 radical (unpaired) electrons. The van der Waals surface area contributed by atoms with E-state index in [0.29, 0.717) is 24.2 Å². The number of hydrogen-bond donors (Lipinski definition) is 1. The molecule has 0 aromatic heterocycles. The van der Waals surface area contributed by atoms with Gasteiger partial charge in [-0.15, -0.1) is 0 Å². The molecule has 3 rings (SSSR count). The monoisotopic (exact) mass is 569 g/mol. The number of benzene rings is 3. The van der Waals surface area contributed by atoms with Crippen LogP contribution in [0.15, 0.2) is 83.8 Å². The van der Waals surface area contributed by atoms with Crippen molar-refractivity contribution in [2.45, 2.75) is 57.1 Å². The van der Waals surface area contributed by atoms with Crippen LogP contribution in [0.25, 0.3) is 0 Å². The quantitative estimate of drug-likeness (QED) is 0.321. The van der Waals surface area contributed by atoms with Crippen molar-refractivity contribution in [3.05, 3.63) is 90.2 Å². The van der Waals surface area contributed by atoms with E-state index in [0.717, 1.165) is 16.4 Å². The van der Waals surface area contributed by atoms with Gasteiger partial charge >= 0.3 is 0 Å². The lowest BCUT2D eigenvalue weighted by Crippen LogP contribution is -2.53. The van der Waals surface area contributed by atoms with Crippen molar-refractivity contribution in [3.8, 4) is 5.75 Å². The minimum atomic E-state index is -4.21. The van der Waals surface area contributed by atoms with E-state index in [9.17, 15) is 22.4 Å². The molecule has 0 aliphatic heterocycles. The van der Waals surface area contributed by atoms with Crippen molar-refractivity contribution in [1.82, 2.24) is 10.2 Å². The number of halogens is 1. The van der Waals surface area contributed by atoms with E-state index in [1.165, 1.54) is 36.3 Å². The maximum Gasteiger partial charge on any atom is 0.264 e. The van der Waals surface area contributed by atoms with E-state index in [1.807, 2.05) is 13.8 Å². The Morgan fingerprint density at radius 2 is 1.62 bits per heavy atom. The van der Waals surface area contributed by atoms with Gasteiger partial charge in [-0.25, -0.2) is 12.8 Å². The van der Waals surface area contributed by atoms with Crippen molar-refractivity contribution >= 4 is 27.5 Å². The summed E-state index contributed by atoms with van der Waals surface area (Å²) in [6, 6.07) is 18.7. The minimum Gasteiger partial charge on any atom is -0.497 e. The first-order valence-electron chi connectivity index (χ1n) is 13.2. The maximum atomic E-state index is 14.0. The van der Waals surface area contributed by atoms with Crippen LogP contribution >= 0.6 is 0 Å². The molecule has 40 heavy (non-hydrogen) atoms. The highest BCUT2D eigenvalue weighted by molar-refractivity contribution is 7.92. The predicted molar refractivity (Wildman–Crippen MR) is 153 cm³/mol. The largest absolute Gasteiger partial charge is 0.497 e. The lowest BCUT2D eigenvalue weighted by Gasteiger charge is -2.33. The van der Waals surface area contributed by atoms with Crippen molar-refractivity contribution in [1.29, 1.82) is 0 Å². The molecule has 214 valence electrons. The number of anilines is 1. The Labute approximate surface area is 235 Å². The molecule has 2 amide bonds. The maximum absolute atomic E-state index is 14.0. The van der Waals surface area contributed by atoms with Crippen LogP contribution in [0.5, 0.6) is 5.75 Å². The lowest BCUT2D eigenvalue weighted by atomic mass is 10.1. The van der Waals surface area contributed by atoms with Crippen LogP contribution in [0.3, 0.4) is 0 Å². The van der Waals surface area contributed by atoms with Crippen LogP contribution in [-0.2, 0) is 26.2 Å². The third-order valence-electron chi connectivity index (χ3n) is 6.60. The highest BCUT2D eigenvalue weighted by atomic mass is 32.2. The van der Waals surface area contributed by atoms with Gasteiger partial charge in [0.1, 0.15) is 24.2 Å². The Kier molecular flexibility index (Phi) is 10.7. The van der Waals surface area contributed by atoms with Gasteiger partial charge < -0.3 is 15.0 Å². The molecule has 0 bridgehead atoms. The van der Waals surface area contributed by atoms with Gasteiger partial charge in [0.2, 0.25) is 11.8 Å². The van der Waals surface area contributed by atoms with Gasteiger partial charge in [-0.2, -0.15) is 0 Å². The normalized spacial score (nSPS) is 12.7. The molecule has 3 aromatic carbocycles. The van der Waals surface area contributed by atoms with Crippen molar-refractivity contribution in [2.75, 3.05) is 18.0 Å². The molecule has 10 heteroatoms. The van der Waals surface area contributed by atoms with Crippen LogP contribution in [0.2, 0.25) is 0 Å². The van der Waals surface area contributed by atoms with Crippen molar-refractivity contribution in [3.63, 3.8) is 0 Å². The number of carbonyl (C=O) groups is 2. The van der Waals surface area contributed by atoms with Crippen LogP contribution in [0.1, 0.15) is 39.2 Å². The molecule has 0 spiro atoms. The standard InChI is InChI=1S/C30H36FN3O5S/c1-5-22(3)32-30(36)28(6-2)33(20-23-11-10-12-26(19-23)39-4)29(35)21-34(25-17-15-24(31)16-18-25)40(37,38)27-13-8-7-9-14-27/h7-19,22,28H,5-6,20-21H2,1-4H3,(H,32,36)/t22-,28+/m1/s1. The number of methoxy groups -OCH3 is 1. The Balaban J connectivity index is 2.05.